The minimum absolute atomic E-state index is 0.0514. The van der Waals surface area contributed by atoms with Crippen LogP contribution in [0, 0.1) is 10.8 Å². The minimum Gasteiger partial charge on any atom is -0.355 e. The molecule has 3 heteroatoms. The molecule has 0 saturated heterocycles. The Morgan fingerprint density at radius 3 is 2.52 bits per heavy atom. The summed E-state index contributed by atoms with van der Waals surface area (Å²) in [6.45, 7) is 13.9. The zero-order valence-electron chi connectivity index (χ0n) is 14.5. The average molecular weight is 310 g/mol. The molecule has 1 aliphatic heterocycles. The topological polar surface area (TPSA) is 29.1 Å². The van der Waals surface area contributed by atoms with Crippen molar-refractivity contribution in [2.24, 2.45) is 10.8 Å². The highest BCUT2D eigenvalue weighted by Crippen LogP contribution is 2.37. The molecule has 0 radical (unpaired) electrons. The predicted octanol–water partition coefficient (Wildman–Crippen LogP) is 4.92. The van der Waals surface area contributed by atoms with Gasteiger partial charge in [0.15, 0.2) is 0 Å². The zero-order valence-corrected chi connectivity index (χ0v) is 15.3. The Balaban J connectivity index is 2.42. The summed E-state index contributed by atoms with van der Waals surface area (Å²) in [6.07, 6.45) is 9.42. The van der Waals surface area contributed by atoms with Crippen LogP contribution in [-0.4, -0.2) is 17.7 Å². The molecule has 0 spiro atoms. The minimum atomic E-state index is 0.0514. The lowest BCUT2D eigenvalue weighted by molar-refractivity contribution is -0.122. The number of amides is 1. The average Bonchev–Trinajstić information content (AvgIpc) is 2.34. The number of carbonyl (C=O) groups is 1. The van der Waals surface area contributed by atoms with Crippen molar-refractivity contribution in [2.75, 3.05) is 6.54 Å². The summed E-state index contributed by atoms with van der Waals surface area (Å²) in [5.74, 6) is 0.154. The van der Waals surface area contributed by atoms with Crippen LogP contribution in [0.4, 0.5) is 0 Å². The van der Waals surface area contributed by atoms with Crippen molar-refractivity contribution in [1.82, 2.24) is 5.32 Å². The summed E-state index contributed by atoms with van der Waals surface area (Å²) in [5.41, 5.74) is 0.403. The van der Waals surface area contributed by atoms with Gasteiger partial charge in [0.05, 0.1) is 0 Å². The Labute approximate surface area is 134 Å². The fraction of sp³-hybridized carbons (Fsp3) is 0.722. The van der Waals surface area contributed by atoms with Gasteiger partial charge in [-0.15, -0.1) is 11.8 Å². The van der Waals surface area contributed by atoms with E-state index in [0.717, 1.165) is 13.0 Å². The van der Waals surface area contributed by atoms with Crippen molar-refractivity contribution in [3.8, 4) is 0 Å². The third-order valence-corrected chi connectivity index (χ3v) is 4.92. The molecule has 0 aromatic carbocycles. The van der Waals surface area contributed by atoms with Gasteiger partial charge in [-0.3, -0.25) is 4.79 Å². The standard InChI is InChI=1S/C18H31NOS/c1-7-18(5,6)11-14-9-8-10-15(21-14)13-19-16(20)12-17(2,3)4/h8-10,15H,7,11-13H2,1-6H3,(H,19,20). The van der Waals surface area contributed by atoms with Gasteiger partial charge in [-0.25, -0.2) is 0 Å². The maximum atomic E-state index is 11.9. The molecule has 0 fully saturated rings. The Morgan fingerprint density at radius 1 is 1.29 bits per heavy atom. The Hall–Kier alpha value is -0.700. The summed E-state index contributed by atoms with van der Waals surface area (Å²) < 4.78 is 0. The molecule has 0 aliphatic carbocycles. The van der Waals surface area contributed by atoms with E-state index in [1.165, 1.54) is 11.3 Å². The molecule has 1 heterocycles. The second-order valence-corrected chi connectivity index (χ2v) is 9.28. The number of nitrogens with one attached hydrogen (secondary N) is 1. The third kappa shape index (κ3) is 7.75. The van der Waals surface area contributed by atoms with Crippen molar-refractivity contribution >= 4 is 17.7 Å². The number of thioether (sulfide) groups is 1. The Kier molecular flexibility index (Phi) is 6.58. The van der Waals surface area contributed by atoms with E-state index < -0.39 is 0 Å². The van der Waals surface area contributed by atoms with Crippen LogP contribution in [0.25, 0.3) is 0 Å². The van der Waals surface area contributed by atoms with E-state index in [2.05, 4.69) is 65.1 Å². The van der Waals surface area contributed by atoms with Crippen LogP contribution in [0.15, 0.2) is 23.1 Å². The van der Waals surface area contributed by atoms with Gasteiger partial charge in [0.2, 0.25) is 5.91 Å². The van der Waals surface area contributed by atoms with Crippen molar-refractivity contribution < 1.29 is 4.79 Å². The molecule has 0 bridgehead atoms. The van der Waals surface area contributed by atoms with Gasteiger partial charge < -0.3 is 5.32 Å². The van der Waals surface area contributed by atoms with Gasteiger partial charge in [0.1, 0.15) is 0 Å². The van der Waals surface area contributed by atoms with Crippen LogP contribution >= 0.6 is 11.8 Å². The van der Waals surface area contributed by atoms with Crippen molar-refractivity contribution in [3.63, 3.8) is 0 Å². The molecule has 1 aliphatic rings. The fourth-order valence-electron chi connectivity index (χ4n) is 2.13. The molecule has 0 aromatic heterocycles. The highest BCUT2D eigenvalue weighted by molar-refractivity contribution is 8.03. The second-order valence-electron chi connectivity index (χ2n) is 7.91. The lowest BCUT2D eigenvalue weighted by Gasteiger charge is -2.27. The summed E-state index contributed by atoms with van der Waals surface area (Å²) in [4.78, 5) is 13.3. The molecular weight excluding hydrogens is 278 g/mol. The van der Waals surface area contributed by atoms with E-state index in [1.54, 1.807) is 0 Å². The van der Waals surface area contributed by atoms with Gasteiger partial charge in [-0.2, -0.15) is 0 Å². The molecule has 0 saturated carbocycles. The maximum absolute atomic E-state index is 11.9. The number of rotatable bonds is 6. The molecule has 0 aromatic rings. The molecule has 1 rings (SSSR count). The van der Waals surface area contributed by atoms with Gasteiger partial charge in [0.25, 0.3) is 0 Å². The van der Waals surface area contributed by atoms with Gasteiger partial charge >= 0.3 is 0 Å². The molecule has 1 atom stereocenters. The first-order valence-electron chi connectivity index (χ1n) is 7.92. The second kappa shape index (κ2) is 7.53. The normalized spacial score (nSPS) is 19.3. The number of hydrogen-bond donors (Lipinski definition) is 1. The lowest BCUT2D eigenvalue weighted by atomic mass is 9.86. The third-order valence-electron chi connectivity index (χ3n) is 3.71. The summed E-state index contributed by atoms with van der Waals surface area (Å²) in [5, 5.41) is 3.43. The SMILES string of the molecule is CCC(C)(C)CC1=CC=CC(CNC(=O)CC(C)(C)C)S1. The van der Waals surface area contributed by atoms with Crippen molar-refractivity contribution in [3.05, 3.63) is 23.1 Å². The van der Waals surface area contributed by atoms with Crippen LogP contribution in [-0.2, 0) is 4.79 Å². The van der Waals surface area contributed by atoms with Crippen LogP contribution in [0.1, 0.15) is 60.8 Å². The van der Waals surface area contributed by atoms with E-state index in [0.29, 0.717) is 17.1 Å². The smallest absolute Gasteiger partial charge is 0.220 e. The van der Waals surface area contributed by atoms with E-state index in [1.807, 2.05) is 11.8 Å². The zero-order chi connectivity index (χ0) is 16.1. The van der Waals surface area contributed by atoms with Crippen molar-refractivity contribution in [2.45, 2.75) is 66.1 Å². The van der Waals surface area contributed by atoms with E-state index >= 15 is 0 Å². The number of hydrogen-bond acceptors (Lipinski definition) is 2. The quantitative estimate of drug-likeness (QED) is 0.754. The summed E-state index contributed by atoms with van der Waals surface area (Å²) >= 11 is 1.89. The van der Waals surface area contributed by atoms with Gasteiger partial charge in [0, 0.05) is 18.2 Å². The first kappa shape index (κ1) is 18.3. The predicted molar refractivity (Wildman–Crippen MR) is 94.4 cm³/mol. The van der Waals surface area contributed by atoms with Crippen molar-refractivity contribution in [1.29, 1.82) is 0 Å². The summed E-state index contributed by atoms with van der Waals surface area (Å²) in [6, 6.07) is 0. The molecule has 21 heavy (non-hydrogen) atoms. The highest BCUT2D eigenvalue weighted by atomic mass is 32.2. The first-order valence-corrected chi connectivity index (χ1v) is 8.80. The van der Waals surface area contributed by atoms with Crippen LogP contribution in [0.2, 0.25) is 0 Å². The molecule has 1 N–H and O–H groups in total. The Morgan fingerprint density at radius 2 is 1.95 bits per heavy atom. The van der Waals surface area contributed by atoms with Gasteiger partial charge in [-0.1, -0.05) is 66.2 Å². The molecule has 1 unspecified atom stereocenters. The molecule has 1 amide bonds. The molecular formula is C18H31NOS. The lowest BCUT2D eigenvalue weighted by Crippen LogP contribution is -2.32. The van der Waals surface area contributed by atoms with E-state index in [9.17, 15) is 4.79 Å². The maximum Gasteiger partial charge on any atom is 0.220 e. The highest BCUT2D eigenvalue weighted by Gasteiger charge is 2.21. The van der Waals surface area contributed by atoms with Crippen LogP contribution in [0.3, 0.4) is 0 Å². The first-order chi connectivity index (χ1) is 9.61. The van der Waals surface area contributed by atoms with Crippen LogP contribution in [0.5, 0.6) is 0 Å². The molecule has 2 nitrogen and oxygen atoms in total. The largest absolute Gasteiger partial charge is 0.355 e. The van der Waals surface area contributed by atoms with E-state index in [4.69, 9.17) is 0 Å². The van der Waals surface area contributed by atoms with Gasteiger partial charge in [-0.05, 0) is 22.2 Å². The number of carbonyl (C=O) groups excluding carboxylic acids is 1. The Bertz CT molecular complexity index is 415. The monoisotopic (exact) mass is 309 g/mol. The van der Waals surface area contributed by atoms with E-state index in [-0.39, 0.29) is 11.3 Å². The molecule has 120 valence electrons. The van der Waals surface area contributed by atoms with Crippen LogP contribution < -0.4 is 5.32 Å². The summed E-state index contributed by atoms with van der Waals surface area (Å²) in [7, 11) is 0. The number of allylic oxidation sites excluding steroid dienone is 3. The fourth-order valence-corrected chi connectivity index (χ4v) is 3.48.